The van der Waals surface area contributed by atoms with Crippen LogP contribution in [0.15, 0.2) is 53.5 Å². The topological polar surface area (TPSA) is 75.2 Å². The summed E-state index contributed by atoms with van der Waals surface area (Å²) in [7, 11) is 5.24. The van der Waals surface area contributed by atoms with Gasteiger partial charge in [0.05, 0.1) is 20.8 Å². The Labute approximate surface area is 172 Å². The first kappa shape index (κ1) is 22.1. The molecule has 156 valence electrons. The molecular weight excluding hydrogens is 368 g/mol. The highest BCUT2D eigenvalue weighted by Crippen LogP contribution is 2.25. The van der Waals surface area contributed by atoms with E-state index in [1.165, 1.54) is 0 Å². The molecule has 0 unspecified atom stereocenters. The number of guanidine groups is 1. The van der Waals surface area contributed by atoms with Crippen LogP contribution in [0, 0.1) is 0 Å². The fourth-order valence-corrected chi connectivity index (χ4v) is 2.81. The Hall–Kier alpha value is -3.22. The van der Waals surface area contributed by atoms with Gasteiger partial charge >= 0.3 is 0 Å². The van der Waals surface area contributed by atoms with Gasteiger partial charge in [0.15, 0.2) is 5.96 Å². The van der Waals surface area contributed by atoms with Gasteiger partial charge in [-0.1, -0.05) is 18.2 Å². The first-order valence-corrected chi connectivity index (χ1v) is 9.62. The Balaban J connectivity index is 1.96. The standard InChI is InChI=1S/C22H30N4O3/c1-5-23-22(25-14-13-24-21(27)17-9-7-6-8-10-17)26(2)16-18-11-12-19(28-3)15-20(18)29-4/h6-12,15H,5,13-14,16H2,1-4H3,(H,23,25)(H,24,27). The van der Waals surface area contributed by atoms with E-state index >= 15 is 0 Å². The number of rotatable bonds is 9. The quantitative estimate of drug-likeness (QED) is 0.386. The Morgan fingerprint density at radius 1 is 1.07 bits per heavy atom. The van der Waals surface area contributed by atoms with Crippen LogP contribution in [0.4, 0.5) is 0 Å². The lowest BCUT2D eigenvalue weighted by atomic mass is 10.2. The maximum absolute atomic E-state index is 12.1. The van der Waals surface area contributed by atoms with E-state index < -0.39 is 0 Å². The minimum absolute atomic E-state index is 0.0953. The average molecular weight is 399 g/mol. The molecule has 0 saturated carbocycles. The zero-order chi connectivity index (χ0) is 21.1. The van der Waals surface area contributed by atoms with Crippen molar-refractivity contribution in [1.29, 1.82) is 0 Å². The molecule has 2 rings (SSSR count). The summed E-state index contributed by atoms with van der Waals surface area (Å²) in [6.07, 6.45) is 0. The van der Waals surface area contributed by atoms with E-state index in [2.05, 4.69) is 15.6 Å². The molecule has 0 spiro atoms. The fraction of sp³-hybridized carbons (Fsp3) is 0.364. The highest BCUT2D eigenvalue weighted by molar-refractivity contribution is 5.94. The molecule has 1 amide bonds. The highest BCUT2D eigenvalue weighted by atomic mass is 16.5. The molecule has 0 bridgehead atoms. The van der Waals surface area contributed by atoms with Crippen molar-refractivity contribution < 1.29 is 14.3 Å². The Morgan fingerprint density at radius 3 is 2.48 bits per heavy atom. The first-order chi connectivity index (χ1) is 14.1. The van der Waals surface area contributed by atoms with Crippen molar-refractivity contribution in [1.82, 2.24) is 15.5 Å². The van der Waals surface area contributed by atoms with Crippen LogP contribution in [0.3, 0.4) is 0 Å². The van der Waals surface area contributed by atoms with Gasteiger partial charge in [0.2, 0.25) is 0 Å². The molecule has 0 fully saturated rings. The predicted molar refractivity (Wildman–Crippen MR) is 116 cm³/mol. The second kappa shape index (κ2) is 11.6. The monoisotopic (exact) mass is 398 g/mol. The molecule has 2 aromatic carbocycles. The van der Waals surface area contributed by atoms with E-state index in [9.17, 15) is 4.79 Å². The van der Waals surface area contributed by atoms with E-state index in [4.69, 9.17) is 9.47 Å². The molecule has 2 aromatic rings. The van der Waals surface area contributed by atoms with Crippen LogP contribution in [-0.2, 0) is 6.54 Å². The largest absolute Gasteiger partial charge is 0.497 e. The number of hydrogen-bond donors (Lipinski definition) is 2. The molecule has 0 aliphatic rings. The fourth-order valence-electron chi connectivity index (χ4n) is 2.81. The lowest BCUT2D eigenvalue weighted by molar-refractivity contribution is 0.0955. The number of nitrogens with one attached hydrogen (secondary N) is 2. The summed E-state index contributed by atoms with van der Waals surface area (Å²) in [5.74, 6) is 2.19. The van der Waals surface area contributed by atoms with Crippen molar-refractivity contribution in [2.75, 3.05) is 40.9 Å². The van der Waals surface area contributed by atoms with Crippen LogP contribution in [-0.4, -0.2) is 57.7 Å². The molecule has 0 aromatic heterocycles. The molecule has 7 nitrogen and oxygen atoms in total. The van der Waals surface area contributed by atoms with Crippen LogP contribution < -0.4 is 20.1 Å². The first-order valence-electron chi connectivity index (χ1n) is 9.62. The van der Waals surface area contributed by atoms with Crippen molar-refractivity contribution in [2.24, 2.45) is 4.99 Å². The Bertz CT molecular complexity index is 809. The zero-order valence-electron chi connectivity index (χ0n) is 17.6. The van der Waals surface area contributed by atoms with Gasteiger partial charge in [-0.25, -0.2) is 0 Å². The van der Waals surface area contributed by atoms with Crippen LogP contribution in [0.2, 0.25) is 0 Å². The van der Waals surface area contributed by atoms with E-state index in [0.717, 1.165) is 29.6 Å². The van der Waals surface area contributed by atoms with Crippen molar-refractivity contribution in [3.8, 4) is 11.5 Å². The molecule has 0 heterocycles. The number of methoxy groups -OCH3 is 2. The van der Waals surface area contributed by atoms with Gasteiger partial charge in [-0.3, -0.25) is 9.79 Å². The molecule has 7 heteroatoms. The molecule has 0 radical (unpaired) electrons. The van der Waals surface area contributed by atoms with Gasteiger partial charge in [-0.05, 0) is 31.2 Å². The van der Waals surface area contributed by atoms with Crippen LogP contribution in [0.25, 0.3) is 0 Å². The lowest BCUT2D eigenvalue weighted by Gasteiger charge is -2.23. The number of nitrogens with zero attached hydrogens (tertiary/aromatic N) is 2. The van der Waals surface area contributed by atoms with Gasteiger partial charge in [0, 0.05) is 43.9 Å². The average Bonchev–Trinajstić information content (AvgIpc) is 2.76. The maximum Gasteiger partial charge on any atom is 0.251 e. The number of amides is 1. The van der Waals surface area contributed by atoms with Crippen molar-refractivity contribution in [2.45, 2.75) is 13.5 Å². The van der Waals surface area contributed by atoms with E-state index in [1.807, 2.05) is 55.3 Å². The number of ether oxygens (including phenoxy) is 2. The molecule has 2 N–H and O–H groups in total. The van der Waals surface area contributed by atoms with Gasteiger partial charge < -0.3 is 25.0 Å². The van der Waals surface area contributed by atoms with Crippen LogP contribution in [0.1, 0.15) is 22.8 Å². The summed E-state index contributed by atoms with van der Waals surface area (Å²) >= 11 is 0. The molecular formula is C22H30N4O3. The van der Waals surface area contributed by atoms with Crippen molar-refractivity contribution in [3.05, 3.63) is 59.7 Å². The van der Waals surface area contributed by atoms with Crippen LogP contribution >= 0.6 is 0 Å². The lowest BCUT2D eigenvalue weighted by Crippen LogP contribution is -2.39. The SMILES string of the molecule is CCNC(=NCCNC(=O)c1ccccc1)N(C)Cc1ccc(OC)cc1OC. The number of carbonyl (C=O) groups excluding carboxylic acids is 1. The molecule has 0 atom stereocenters. The third kappa shape index (κ3) is 6.71. The normalized spacial score (nSPS) is 11.0. The van der Waals surface area contributed by atoms with Crippen molar-refractivity contribution in [3.63, 3.8) is 0 Å². The minimum atomic E-state index is -0.0953. The van der Waals surface area contributed by atoms with Gasteiger partial charge in [-0.2, -0.15) is 0 Å². The van der Waals surface area contributed by atoms with Crippen LogP contribution in [0.5, 0.6) is 11.5 Å². The number of benzene rings is 2. The summed E-state index contributed by atoms with van der Waals surface area (Å²) in [5.41, 5.74) is 1.67. The third-order valence-electron chi connectivity index (χ3n) is 4.29. The summed E-state index contributed by atoms with van der Waals surface area (Å²) in [6, 6.07) is 14.9. The minimum Gasteiger partial charge on any atom is -0.497 e. The molecule has 0 aliphatic carbocycles. The van der Waals surface area contributed by atoms with E-state index in [0.29, 0.717) is 25.2 Å². The summed E-state index contributed by atoms with van der Waals surface area (Å²) in [6.45, 7) is 4.33. The van der Waals surface area contributed by atoms with Gasteiger partial charge in [-0.15, -0.1) is 0 Å². The number of hydrogen-bond acceptors (Lipinski definition) is 4. The highest BCUT2D eigenvalue weighted by Gasteiger charge is 2.11. The van der Waals surface area contributed by atoms with Crippen molar-refractivity contribution >= 4 is 11.9 Å². The smallest absolute Gasteiger partial charge is 0.251 e. The van der Waals surface area contributed by atoms with Gasteiger partial charge in [0.25, 0.3) is 5.91 Å². The van der Waals surface area contributed by atoms with Gasteiger partial charge in [0.1, 0.15) is 11.5 Å². The molecule has 29 heavy (non-hydrogen) atoms. The number of aliphatic imine (C=N–C) groups is 1. The third-order valence-corrected chi connectivity index (χ3v) is 4.29. The summed E-state index contributed by atoms with van der Waals surface area (Å²) < 4.78 is 10.7. The summed E-state index contributed by atoms with van der Waals surface area (Å²) in [4.78, 5) is 18.7. The Kier molecular flexibility index (Phi) is 8.82. The second-order valence-corrected chi connectivity index (χ2v) is 6.39. The second-order valence-electron chi connectivity index (χ2n) is 6.39. The molecule has 0 aliphatic heterocycles. The zero-order valence-corrected chi connectivity index (χ0v) is 17.6. The van der Waals surface area contributed by atoms with E-state index in [-0.39, 0.29) is 5.91 Å². The predicted octanol–water partition coefficient (Wildman–Crippen LogP) is 2.53. The summed E-state index contributed by atoms with van der Waals surface area (Å²) in [5, 5.41) is 6.17. The maximum atomic E-state index is 12.1. The van der Waals surface area contributed by atoms with E-state index in [1.54, 1.807) is 26.4 Å². The Morgan fingerprint density at radius 2 is 1.83 bits per heavy atom. The number of carbonyl (C=O) groups is 1. The molecule has 0 saturated heterocycles.